The van der Waals surface area contributed by atoms with E-state index in [9.17, 15) is 10.2 Å². The highest BCUT2D eigenvalue weighted by Gasteiger charge is 2.32. The highest BCUT2D eigenvalue weighted by Crippen LogP contribution is 2.23. The molecule has 2 N–H and O–H groups in total. The molecule has 6 nitrogen and oxygen atoms in total. The van der Waals surface area contributed by atoms with E-state index in [-0.39, 0.29) is 48.0 Å². The molecule has 0 amide bonds. The number of hydrogen-bond donors (Lipinski definition) is 2. The van der Waals surface area contributed by atoms with E-state index in [1.54, 1.807) is 0 Å². The molecule has 0 aliphatic carbocycles. The van der Waals surface area contributed by atoms with Crippen molar-refractivity contribution < 1.29 is 76.6 Å². The van der Waals surface area contributed by atoms with Crippen LogP contribution in [0.2, 0.25) is 0 Å². The quantitative estimate of drug-likeness (QED) is 0.183. The predicted molar refractivity (Wildman–Crippen MR) is 128 cm³/mol. The van der Waals surface area contributed by atoms with Crippen molar-refractivity contribution in [1.82, 2.24) is 0 Å². The summed E-state index contributed by atoms with van der Waals surface area (Å²) in [4.78, 5) is 0. The second-order valence-electron chi connectivity index (χ2n) is 10.1. The summed E-state index contributed by atoms with van der Waals surface area (Å²) in [5.74, 6) is 1.40. The maximum Gasteiger partial charge on any atom is 0.137 e. The van der Waals surface area contributed by atoms with Gasteiger partial charge in [0, 0.05) is 6.07 Å². The smallest absolute Gasteiger partial charge is 0.137 e. The molecule has 198 valence electrons. The molecule has 0 aromatic heterocycles. The molecule has 3 rings (SSSR count). The maximum atomic E-state index is 10.6. The molecular weight excluding hydrogens is 658 g/mol. The van der Waals surface area contributed by atoms with E-state index >= 15 is 0 Å². The minimum Gasteiger partial charge on any atom is -1.00 e. The van der Waals surface area contributed by atoms with Crippen LogP contribution < -0.4 is 57.4 Å². The molecule has 0 radical (unpaired) electrons. The molecular formula is C26H46I2N2O4. The fraction of sp³-hybridized carbons (Fsp3) is 0.769. The monoisotopic (exact) mass is 704 g/mol. The number of aliphatic hydroxyl groups is 2. The number of quaternary nitrogens is 2. The molecule has 1 aromatic rings. The lowest BCUT2D eigenvalue weighted by atomic mass is 10.1. The molecule has 2 atom stereocenters. The zero-order valence-corrected chi connectivity index (χ0v) is 25.5. The average molecular weight is 704 g/mol. The van der Waals surface area contributed by atoms with Gasteiger partial charge in [-0.25, -0.2) is 0 Å². The maximum absolute atomic E-state index is 10.6. The number of piperidine rings is 2. The normalized spacial score (nSPS) is 20.8. The molecule has 2 aliphatic heterocycles. The molecule has 34 heavy (non-hydrogen) atoms. The first-order valence-corrected chi connectivity index (χ1v) is 12.9. The molecule has 2 aliphatic rings. The van der Waals surface area contributed by atoms with Crippen molar-refractivity contribution in [2.45, 2.75) is 64.6 Å². The lowest BCUT2D eigenvalue weighted by Crippen LogP contribution is -3.00. The van der Waals surface area contributed by atoms with E-state index in [2.05, 4.69) is 13.8 Å². The highest BCUT2D eigenvalue weighted by molar-refractivity contribution is 5.33. The van der Waals surface area contributed by atoms with E-state index in [1.165, 1.54) is 38.5 Å². The van der Waals surface area contributed by atoms with E-state index in [4.69, 9.17) is 9.47 Å². The Labute approximate surface area is 241 Å². The van der Waals surface area contributed by atoms with Gasteiger partial charge >= 0.3 is 0 Å². The average Bonchev–Trinajstić information content (AvgIpc) is 2.83. The Bertz CT molecular complexity index is 629. The van der Waals surface area contributed by atoms with Crippen molar-refractivity contribution in [3.05, 3.63) is 24.3 Å². The predicted octanol–water partition coefficient (Wildman–Crippen LogP) is -2.78. The van der Waals surface area contributed by atoms with Gasteiger partial charge in [0.15, 0.2) is 0 Å². The number of nitrogens with zero attached hydrogens (tertiary/aromatic N) is 2. The van der Waals surface area contributed by atoms with Crippen LogP contribution in [0.15, 0.2) is 24.3 Å². The zero-order valence-electron chi connectivity index (χ0n) is 21.1. The Balaban J connectivity index is 0.00000289. The number of benzene rings is 1. The van der Waals surface area contributed by atoms with Gasteiger partial charge in [-0.15, -0.1) is 0 Å². The standard InChI is InChI=1S/C26H46N2O4.2HI/c1-3-27(14-7-5-8-15-27)19-23(29)21-31-25-12-11-13-26(18-25)32-22-24(30)20-28(4-2)16-9-6-10-17-28;;/h11-13,18,23-24,29-30H,3-10,14-17,19-22H2,1-2H3;2*1H/q+2;;/p-2. The van der Waals surface area contributed by atoms with Crippen molar-refractivity contribution in [2.75, 3.05) is 65.6 Å². The molecule has 0 saturated carbocycles. The van der Waals surface area contributed by atoms with Crippen LogP contribution in [0.1, 0.15) is 52.4 Å². The number of halogens is 2. The third-order valence-corrected chi connectivity index (χ3v) is 7.76. The third-order valence-electron chi connectivity index (χ3n) is 7.76. The van der Waals surface area contributed by atoms with Crippen LogP contribution in [0.25, 0.3) is 0 Å². The van der Waals surface area contributed by atoms with Gasteiger partial charge < -0.3 is 76.6 Å². The van der Waals surface area contributed by atoms with Crippen molar-refractivity contribution >= 4 is 0 Å². The molecule has 2 unspecified atom stereocenters. The van der Waals surface area contributed by atoms with Gasteiger partial charge in [-0.05, 0) is 64.5 Å². The fourth-order valence-electron chi connectivity index (χ4n) is 5.66. The summed E-state index contributed by atoms with van der Waals surface area (Å²) in [6, 6.07) is 7.55. The van der Waals surface area contributed by atoms with E-state index in [0.717, 1.165) is 61.3 Å². The summed E-state index contributed by atoms with van der Waals surface area (Å²) in [7, 11) is 0. The Kier molecular flexibility index (Phi) is 15.2. The summed E-state index contributed by atoms with van der Waals surface area (Å²) >= 11 is 0. The second-order valence-corrected chi connectivity index (χ2v) is 10.1. The summed E-state index contributed by atoms with van der Waals surface area (Å²) in [5, 5.41) is 21.2. The Morgan fingerprint density at radius 3 is 1.44 bits per heavy atom. The summed E-state index contributed by atoms with van der Waals surface area (Å²) in [6.07, 6.45) is 6.70. The number of hydrogen-bond acceptors (Lipinski definition) is 4. The summed E-state index contributed by atoms with van der Waals surface area (Å²) in [6.45, 7) is 13.4. The van der Waals surface area contributed by atoms with Gasteiger partial charge in [0.05, 0.1) is 39.3 Å². The minimum atomic E-state index is -0.474. The number of likely N-dealkylation sites (N-methyl/N-ethyl adjacent to an activating group) is 2. The number of aliphatic hydroxyl groups excluding tert-OH is 2. The molecule has 2 fully saturated rings. The number of rotatable bonds is 12. The van der Waals surface area contributed by atoms with Gasteiger partial charge in [-0.1, -0.05) is 6.07 Å². The van der Waals surface area contributed by atoms with E-state index in [0.29, 0.717) is 24.7 Å². The van der Waals surface area contributed by atoms with Crippen LogP contribution >= 0.6 is 0 Å². The van der Waals surface area contributed by atoms with Crippen LogP contribution in [-0.2, 0) is 0 Å². The first-order valence-electron chi connectivity index (χ1n) is 12.9. The van der Waals surface area contributed by atoms with Crippen LogP contribution in [0.5, 0.6) is 11.5 Å². The Hall–Kier alpha value is 0.120. The molecule has 1 aromatic carbocycles. The lowest BCUT2D eigenvalue weighted by molar-refractivity contribution is -0.933. The van der Waals surface area contributed by atoms with Crippen LogP contribution in [0.3, 0.4) is 0 Å². The molecule has 8 heteroatoms. The zero-order chi connectivity index (χ0) is 22.9. The largest absolute Gasteiger partial charge is 1.00 e. The van der Waals surface area contributed by atoms with Crippen molar-refractivity contribution in [2.24, 2.45) is 0 Å². The summed E-state index contributed by atoms with van der Waals surface area (Å²) < 4.78 is 13.8. The van der Waals surface area contributed by atoms with Crippen LogP contribution in [-0.4, -0.2) is 97.0 Å². The molecule has 2 heterocycles. The van der Waals surface area contributed by atoms with Crippen molar-refractivity contribution in [3.8, 4) is 11.5 Å². The van der Waals surface area contributed by atoms with E-state index in [1.807, 2.05) is 24.3 Å². The molecule has 2 saturated heterocycles. The first kappa shape index (κ1) is 32.1. The summed E-state index contributed by atoms with van der Waals surface area (Å²) in [5.41, 5.74) is 0. The van der Waals surface area contributed by atoms with E-state index < -0.39 is 12.2 Å². The van der Waals surface area contributed by atoms with Crippen molar-refractivity contribution in [3.63, 3.8) is 0 Å². The highest BCUT2D eigenvalue weighted by atomic mass is 127. The SMILES string of the molecule is CC[N+]1(CC(O)COc2cccc(OCC(O)C[N+]3(CC)CCCCC3)c2)CCCCC1.[I-].[I-]. The molecule has 0 bridgehead atoms. The molecule has 0 spiro atoms. The number of likely N-dealkylation sites (tertiary alicyclic amines) is 2. The van der Waals surface area contributed by atoms with Gasteiger partial charge in [0.1, 0.15) is 50.0 Å². The fourth-order valence-corrected chi connectivity index (χ4v) is 5.66. The van der Waals surface area contributed by atoms with Crippen LogP contribution in [0.4, 0.5) is 0 Å². The van der Waals surface area contributed by atoms with Gasteiger partial charge in [-0.2, -0.15) is 0 Å². The van der Waals surface area contributed by atoms with Gasteiger partial charge in [-0.3, -0.25) is 0 Å². The Morgan fingerprint density at radius 1 is 0.706 bits per heavy atom. The van der Waals surface area contributed by atoms with Crippen molar-refractivity contribution in [1.29, 1.82) is 0 Å². The Morgan fingerprint density at radius 2 is 1.09 bits per heavy atom. The minimum absolute atomic E-state index is 0. The third kappa shape index (κ3) is 9.88. The van der Waals surface area contributed by atoms with Gasteiger partial charge in [0.2, 0.25) is 0 Å². The first-order chi connectivity index (χ1) is 15.5. The number of ether oxygens (including phenoxy) is 2. The van der Waals surface area contributed by atoms with Gasteiger partial charge in [0.25, 0.3) is 0 Å². The second kappa shape index (κ2) is 16.1. The topological polar surface area (TPSA) is 58.9 Å². The lowest BCUT2D eigenvalue weighted by Gasteiger charge is -2.42. The van der Waals surface area contributed by atoms with Crippen LogP contribution in [0, 0.1) is 0 Å².